The molecule has 126 valence electrons. The number of benzene rings is 3. The summed E-state index contributed by atoms with van der Waals surface area (Å²) in [6, 6.07) is 24.0. The number of aromatic nitrogens is 4. The fraction of sp³-hybridized carbons (Fsp3) is 0.0476. The highest BCUT2D eigenvalue weighted by atomic mass is 16.5. The molecule has 5 heteroatoms. The molecule has 0 aliphatic carbocycles. The summed E-state index contributed by atoms with van der Waals surface area (Å²) in [6.45, 7) is 0.532. The van der Waals surface area contributed by atoms with Crippen LogP contribution in [0.4, 0.5) is 0 Å². The van der Waals surface area contributed by atoms with Crippen LogP contribution in [0.1, 0.15) is 5.56 Å². The Morgan fingerprint density at radius 3 is 2.58 bits per heavy atom. The number of fused-ring (bicyclic) bond motifs is 2. The second-order valence-electron chi connectivity index (χ2n) is 6.16. The minimum atomic E-state index is 0.532. The lowest BCUT2D eigenvalue weighted by Crippen LogP contribution is -1.94. The normalized spacial score (nSPS) is 11.2. The monoisotopic (exact) mass is 340 g/mol. The summed E-state index contributed by atoms with van der Waals surface area (Å²) in [5, 5.41) is 8.49. The van der Waals surface area contributed by atoms with Crippen molar-refractivity contribution in [2.24, 2.45) is 0 Å². The minimum Gasteiger partial charge on any atom is -0.489 e. The standard InChI is InChI=1S/C21H16N4O/c1-2-6-14(7-3-1)13-26-15-10-11-17-16(12-15)20(25-24-17)21-22-18-8-4-5-9-19(18)23-21/h1-12H,13H2,(H,22,23)(H,24,25). The zero-order valence-electron chi connectivity index (χ0n) is 13.9. The molecule has 5 rings (SSSR count). The van der Waals surface area contributed by atoms with Gasteiger partial charge in [0.15, 0.2) is 5.82 Å². The van der Waals surface area contributed by atoms with Crippen molar-refractivity contribution in [1.29, 1.82) is 0 Å². The molecule has 2 heterocycles. The lowest BCUT2D eigenvalue weighted by molar-refractivity contribution is 0.306. The van der Waals surface area contributed by atoms with Gasteiger partial charge in [-0.15, -0.1) is 0 Å². The maximum Gasteiger partial charge on any atom is 0.159 e. The molecule has 5 aromatic rings. The van der Waals surface area contributed by atoms with Gasteiger partial charge in [0.2, 0.25) is 0 Å². The van der Waals surface area contributed by atoms with E-state index in [2.05, 4.69) is 32.3 Å². The van der Waals surface area contributed by atoms with Crippen LogP contribution in [0.15, 0.2) is 72.8 Å². The molecule has 0 radical (unpaired) electrons. The predicted molar refractivity (Wildman–Crippen MR) is 102 cm³/mol. The number of hydrogen-bond donors (Lipinski definition) is 2. The Hall–Kier alpha value is -3.60. The van der Waals surface area contributed by atoms with E-state index < -0.39 is 0 Å². The Labute approximate surface area is 149 Å². The molecule has 0 atom stereocenters. The second-order valence-corrected chi connectivity index (χ2v) is 6.16. The highest BCUT2D eigenvalue weighted by Crippen LogP contribution is 2.29. The van der Waals surface area contributed by atoms with Crippen molar-refractivity contribution in [2.45, 2.75) is 6.61 Å². The number of nitrogens with one attached hydrogen (secondary N) is 2. The van der Waals surface area contributed by atoms with Gasteiger partial charge in [-0.2, -0.15) is 5.10 Å². The van der Waals surface area contributed by atoms with Gasteiger partial charge in [0.25, 0.3) is 0 Å². The summed E-state index contributed by atoms with van der Waals surface area (Å²) in [5.74, 6) is 1.55. The van der Waals surface area contributed by atoms with Gasteiger partial charge in [0, 0.05) is 5.39 Å². The summed E-state index contributed by atoms with van der Waals surface area (Å²) in [4.78, 5) is 7.98. The van der Waals surface area contributed by atoms with E-state index >= 15 is 0 Å². The number of hydrogen-bond acceptors (Lipinski definition) is 3. The van der Waals surface area contributed by atoms with Crippen LogP contribution in [0.2, 0.25) is 0 Å². The van der Waals surface area contributed by atoms with E-state index in [-0.39, 0.29) is 0 Å². The van der Waals surface area contributed by atoms with Crippen molar-refractivity contribution in [3.8, 4) is 17.3 Å². The van der Waals surface area contributed by atoms with Gasteiger partial charge >= 0.3 is 0 Å². The Morgan fingerprint density at radius 2 is 1.69 bits per heavy atom. The fourth-order valence-corrected chi connectivity index (χ4v) is 3.07. The van der Waals surface area contributed by atoms with Crippen LogP contribution < -0.4 is 4.74 Å². The molecular weight excluding hydrogens is 324 g/mol. The zero-order valence-corrected chi connectivity index (χ0v) is 13.9. The van der Waals surface area contributed by atoms with E-state index in [0.717, 1.165) is 44.8 Å². The van der Waals surface area contributed by atoms with E-state index in [1.165, 1.54) is 0 Å². The minimum absolute atomic E-state index is 0.532. The molecule has 0 saturated carbocycles. The van der Waals surface area contributed by atoms with Crippen molar-refractivity contribution in [3.05, 3.63) is 78.4 Å². The number of imidazole rings is 1. The molecule has 0 bridgehead atoms. The SMILES string of the molecule is c1ccc(COc2ccc3[nH]nc(-c4nc5ccccc5[nH]4)c3c2)cc1. The van der Waals surface area contributed by atoms with Crippen LogP contribution in [0.3, 0.4) is 0 Å². The van der Waals surface area contributed by atoms with Gasteiger partial charge in [-0.25, -0.2) is 4.98 Å². The summed E-state index contributed by atoms with van der Waals surface area (Å²) < 4.78 is 5.95. The summed E-state index contributed by atoms with van der Waals surface area (Å²) in [6.07, 6.45) is 0. The Bertz CT molecular complexity index is 1160. The number of nitrogens with zero attached hydrogens (tertiary/aromatic N) is 2. The Kier molecular flexibility index (Phi) is 3.42. The first-order valence-electron chi connectivity index (χ1n) is 8.47. The van der Waals surface area contributed by atoms with E-state index in [1.807, 2.05) is 60.7 Å². The number of ether oxygens (including phenoxy) is 1. The fourth-order valence-electron chi connectivity index (χ4n) is 3.07. The number of H-pyrrole nitrogens is 2. The van der Waals surface area contributed by atoms with Gasteiger partial charge in [-0.3, -0.25) is 5.10 Å². The molecule has 0 saturated heterocycles. The summed E-state index contributed by atoms with van der Waals surface area (Å²) in [5.41, 5.74) is 4.80. The lowest BCUT2D eigenvalue weighted by Gasteiger charge is -2.06. The van der Waals surface area contributed by atoms with Crippen LogP contribution >= 0.6 is 0 Å². The molecule has 0 fully saturated rings. The summed E-state index contributed by atoms with van der Waals surface area (Å²) in [7, 11) is 0. The molecule has 26 heavy (non-hydrogen) atoms. The van der Waals surface area contributed by atoms with E-state index in [9.17, 15) is 0 Å². The lowest BCUT2D eigenvalue weighted by atomic mass is 10.2. The average Bonchev–Trinajstić information content (AvgIpc) is 3.30. The molecule has 2 aromatic heterocycles. The predicted octanol–water partition coefficient (Wildman–Crippen LogP) is 4.69. The topological polar surface area (TPSA) is 66.6 Å². The third kappa shape index (κ3) is 2.59. The van der Waals surface area contributed by atoms with Crippen LogP contribution in [-0.4, -0.2) is 20.2 Å². The first kappa shape index (κ1) is 14.7. The van der Waals surface area contributed by atoms with E-state index in [1.54, 1.807) is 0 Å². The zero-order chi connectivity index (χ0) is 17.3. The van der Waals surface area contributed by atoms with Gasteiger partial charge in [0.05, 0.1) is 16.6 Å². The Balaban J connectivity index is 1.50. The molecule has 5 nitrogen and oxygen atoms in total. The van der Waals surface area contributed by atoms with Crippen molar-refractivity contribution < 1.29 is 4.74 Å². The highest BCUT2D eigenvalue weighted by Gasteiger charge is 2.13. The first-order chi connectivity index (χ1) is 12.9. The number of aromatic amines is 2. The first-order valence-corrected chi connectivity index (χ1v) is 8.47. The number of para-hydroxylation sites is 2. The molecule has 0 aliphatic rings. The van der Waals surface area contributed by atoms with Crippen LogP contribution in [0.5, 0.6) is 5.75 Å². The maximum atomic E-state index is 5.95. The van der Waals surface area contributed by atoms with Crippen LogP contribution in [0.25, 0.3) is 33.5 Å². The smallest absolute Gasteiger partial charge is 0.159 e. The maximum absolute atomic E-state index is 5.95. The largest absolute Gasteiger partial charge is 0.489 e. The Morgan fingerprint density at radius 1 is 0.846 bits per heavy atom. The quantitative estimate of drug-likeness (QED) is 0.499. The van der Waals surface area contributed by atoms with Gasteiger partial charge in [-0.05, 0) is 35.9 Å². The molecule has 3 aromatic carbocycles. The van der Waals surface area contributed by atoms with Crippen molar-refractivity contribution >= 4 is 21.9 Å². The van der Waals surface area contributed by atoms with Gasteiger partial charge in [0.1, 0.15) is 18.1 Å². The average molecular weight is 340 g/mol. The molecular formula is C21H16N4O. The molecule has 0 unspecified atom stereocenters. The third-order valence-corrected chi connectivity index (χ3v) is 4.40. The van der Waals surface area contributed by atoms with Crippen LogP contribution in [-0.2, 0) is 6.61 Å². The van der Waals surface area contributed by atoms with Gasteiger partial charge < -0.3 is 9.72 Å². The van der Waals surface area contributed by atoms with E-state index in [4.69, 9.17) is 4.74 Å². The molecule has 2 N–H and O–H groups in total. The van der Waals surface area contributed by atoms with Crippen molar-refractivity contribution in [3.63, 3.8) is 0 Å². The molecule has 0 spiro atoms. The van der Waals surface area contributed by atoms with Crippen molar-refractivity contribution in [2.75, 3.05) is 0 Å². The van der Waals surface area contributed by atoms with Crippen molar-refractivity contribution in [1.82, 2.24) is 20.2 Å². The third-order valence-electron chi connectivity index (χ3n) is 4.40. The summed E-state index contributed by atoms with van der Waals surface area (Å²) >= 11 is 0. The van der Waals surface area contributed by atoms with E-state index in [0.29, 0.717) is 6.61 Å². The second kappa shape index (κ2) is 6.04. The highest BCUT2D eigenvalue weighted by molar-refractivity contribution is 5.93. The number of rotatable bonds is 4. The molecule has 0 amide bonds. The molecule has 0 aliphatic heterocycles. The van der Waals surface area contributed by atoms with Gasteiger partial charge in [-0.1, -0.05) is 42.5 Å². The van der Waals surface area contributed by atoms with Crippen LogP contribution in [0, 0.1) is 0 Å².